The summed E-state index contributed by atoms with van der Waals surface area (Å²) >= 11 is 1.86. The maximum absolute atomic E-state index is 5.21. The third-order valence-electron chi connectivity index (χ3n) is 10.1. The van der Waals surface area contributed by atoms with Crippen LogP contribution < -0.4 is 0 Å². The Hall–Kier alpha value is -6.23. The molecule has 0 atom stereocenters. The molecule has 0 spiro atoms. The average molecular weight is 642 g/mol. The number of benzene rings is 7. The highest BCUT2D eigenvalue weighted by Crippen LogP contribution is 2.43. The standard InChI is InChI=1S/C45H27N3S/c1-2-10-33-30(9-1)23-26-36-37-27-42(48-41-16-8-5-13-38(41)46-45(48)44(37)49-43(33)36)31-19-17-28(18-20-31)29-21-24-32(25-22-29)47-39-14-6-3-11-34(39)35-12-4-7-15-40(35)47/h1-27H. The Morgan fingerprint density at radius 1 is 0.429 bits per heavy atom. The summed E-state index contributed by atoms with van der Waals surface area (Å²) in [4.78, 5) is 5.21. The average Bonchev–Trinajstić information content (AvgIpc) is 3.85. The summed E-state index contributed by atoms with van der Waals surface area (Å²) in [5.74, 6) is 0. The van der Waals surface area contributed by atoms with E-state index in [1.807, 2.05) is 11.3 Å². The van der Waals surface area contributed by atoms with Crippen LogP contribution in [0, 0.1) is 0 Å². The fourth-order valence-electron chi connectivity index (χ4n) is 7.83. The van der Waals surface area contributed by atoms with E-state index in [0.29, 0.717) is 0 Å². The van der Waals surface area contributed by atoms with Crippen molar-refractivity contribution in [3.05, 3.63) is 164 Å². The van der Waals surface area contributed by atoms with Crippen LogP contribution in [-0.2, 0) is 0 Å². The molecule has 0 unspecified atom stereocenters. The maximum Gasteiger partial charge on any atom is 0.156 e. The highest BCUT2D eigenvalue weighted by Gasteiger charge is 2.19. The van der Waals surface area contributed by atoms with Crippen molar-refractivity contribution in [3.63, 3.8) is 0 Å². The molecular weight excluding hydrogens is 615 g/mol. The van der Waals surface area contributed by atoms with Crippen LogP contribution in [0.2, 0.25) is 0 Å². The minimum absolute atomic E-state index is 1.01. The van der Waals surface area contributed by atoms with Crippen molar-refractivity contribution in [3.8, 4) is 28.1 Å². The Bertz CT molecular complexity index is 3030. The molecule has 0 amide bonds. The Morgan fingerprint density at radius 2 is 1.02 bits per heavy atom. The number of thiophene rings is 1. The number of rotatable bonds is 3. The van der Waals surface area contributed by atoms with Crippen LogP contribution in [-0.4, -0.2) is 14.0 Å². The molecule has 11 aromatic rings. The molecule has 0 saturated heterocycles. The van der Waals surface area contributed by atoms with Gasteiger partial charge in [-0.2, -0.15) is 0 Å². The van der Waals surface area contributed by atoms with E-state index in [4.69, 9.17) is 4.98 Å². The summed E-state index contributed by atoms with van der Waals surface area (Å²) in [6.45, 7) is 0. The minimum atomic E-state index is 1.01. The number of fused-ring (bicyclic) bond motifs is 12. The monoisotopic (exact) mass is 641 g/mol. The van der Waals surface area contributed by atoms with Crippen molar-refractivity contribution in [2.75, 3.05) is 0 Å². The summed E-state index contributed by atoms with van der Waals surface area (Å²) in [7, 11) is 0. The molecule has 0 N–H and O–H groups in total. The normalized spacial score (nSPS) is 12.1. The third kappa shape index (κ3) is 3.86. The topological polar surface area (TPSA) is 22.2 Å². The van der Waals surface area contributed by atoms with Crippen molar-refractivity contribution >= 4 is 80.8 Å². The van der Waals surface area contributed by atoms with E-state index in [9.17, 15) is 0 Å². The predicted octanol–water partition coefficient (Wildman–Crippen LogP) is 12.4. The summed E-state index contributed by atoms with van der Waals surface area (Å²) < 4.78 is 7.26. The van der Waals surface area contributed by atoms with Crippen molar-refractivity contribution in [1.82, 2.24) is 14.0 Å². The molecule has 0 fully saturated rings. The summed E-state index contributed by atoms with van der Waals surface area (Å²) in [5, 5.41) is 7.66. The van der Waals surface area contributed by atoms with Gasteiger partial charge in [0.2, 0.25) is 0 Å². The molecule has 0 aliphatic heterocycles. The second kappa shape index (κ2) is 10.1. The van der Waals surface area contributed by atoms with Crippen LogP contribution in [0.25, 0.3) is 97.5 Å². The summed E-state index contributed by atoms with van der Waals surface area (Å²) in [5.41, 5.74) is 11.5. The quantitative estimate of drug-likeness (QED) is 0.188. The van der Waals surface area contributed by atoms with Gasteiger partial charge in [0, 0.05) is 31.9 Å². The van der Waals surface area contributed by atoms with Crippen molar-refractivity contribution in [1.29, 1.82) is 0 Å². The van der Waals surface area contributed by atoms with Gasteiger partial charge in [0.1, 0.15) is 0 Å². The predicted molar refractivity (Wildman–Crippen MR) is 208 cm³/mol. The molecule has 7 aromatic carbocycles. The van der Waals surface area contributed by atoms with E-state index in [0.717, 1.165) is 28.1 Å². The zero-order valence-corrected chi connectivity index (χ0v) is 27.2. The van der Waals surface area contributed by atoms with E-state index in [1.165, 1.54) is 69.4 Å². The SMILES string of the molecule is c1ccc2c(c1)ccc1c3cc(-c4ccc(-c5ccc(-n6c7ccccc7c7ccccc76)cc5)cc4)n4c5ccccc5nc4c3sc21. The summed E-state index contributed by atoms with van der Waals surface area (Å²) in [6, 6.07) is 59.4. The largest absolute Gasteiger partial charge is 0.309 e. The molecular formula is C45H27N3S. The van der Waals surface area contributed by atoms with E-state index in [2.05, 4.69) is 173 Å². The molecule has 11 rings (SSSR count). The van der Waals surface area contributed by atoms with Gasteiger partial charge in [0.15, 0.2) is 5.65 Å². The van der Waals surface area contributed by atoms with Gasteiger partial charge in [-0.3, -0.25) is 4.40 Å². The number of nitrogens with zero attached hydrogens (tertiary/aromatic N) is 3. The Kier molecular flexibility index (Phi) is 5.54. The number of aromatic nitrogens is 3. The Labute approximate surface area is 285 Å². The third-order valence-corrected chi connectivity index (χ3v) is 11.4. The molecule has 4 aromatic heterocycles. The lowest BCUT2D eigenvalue weighted by molar-refractivity contribution is 1.18. The first-order valence-electron chi connectivity index (χ1n) is 16.6. The highest BCUT2D eigenvalue weighted by molar-refractivity contribution is 7.27. The lowest BCUT2D eigenvalue weighted by Crippen LogP contribution is -1.94. The van der Waals surface area contributed by atoms with Crippen LogP contribution in [0.4, 0.5) is 0 Å². The molecule has 0 aliphatic carbocycles. The number of imidazole rings is 1. The molecule has 0 aliphatic rings. The van der Waals surface area contributed by atoms with Crippen LogP contribution in [0.15, 0.2) is 164 Å². The van der Waals surface area contributed by atoms with Crippen molar-refractivity contribution in [2.45, 2.75) is 0 Å². The molecule has 0 radical (unpaired) electrons. The van der Waals surface area contributed by atoms with Gasteiger partial charge in [-0.05, 0) is 69.9 Å². The van der Waals surface area contributed by atoms with Gasteiger partial charge < -0.3 is 4.57 Å². The molecule has 0 bridgehead atoms. The number of hydrogen-bond acceptors (Lipinski definition) is 2. The fraction of sp³-hybridized carbons (Fsp3) is 0. The molecule has 0 saturated carbocycles. The van der Waals surface area contributed by atoms with Gasteiger partial charge in [-0.1, -0.05) is 121 Å². The van der Waals surface area contributed by atoms with Gasteiger partial charge in [0.25, 0.3) is 0 Å². The van der Waals surface area contributed by atoms with E-state index >= 15 is 0 Å². The van der Waals surface area contributed by atoms with Crippen LogP contribution in [0.5, 0.6) is 0 Å². The van der Waals surface area contributed by atoms with Crippen molar-refractivity contribution < 1.29 is 0 Å². The first-order valence-corrected chi connectivity index (χ1v) is 17.5. The first-order chi connectivity index (χ1) is 24.3. The number of pyridine rings is 1. The van der Waals surface area contributed by atoms with Crippen LogP contribution in [0.3, 0.4) is 0 Å². The molecule has 4 heterocycles. The highest BCUT2D eigenvalue weighted by atomic mass is 32.1. The van der Waals surface area contributed by atoms with E-state index in [-0.39, 0.29) is 0 Å². The zero-order chi connectivity index (χ0) is 32.1. The van der Waals surface area contributed by atoms with E-state index in [1.54, 1.807) is 0 Å². The first kappa shape index (κ1) is 26.8. The summed E-state index contributed by atoms with van der Waals surface area (Å²) in [6.07, 6.45) is 0. The van der Waals surface area contributed by atoms with Gasteiger partial charge >= 0.3 is 0 Å². The zero-order valence-electron chi connectivity index (χ0n) is 26.3. The lowest BCUT2D eigenvalue weighted by Gasteiger charge is -2.11. The minimum Gasteiger partial charge on any atom is -0.309 e. The van der Waals surface area contributed by atoms with Gasteiger partial charge in [-0.25, -0.2) is 4.98 Å². The van der Waals surface area contributed by atoms with E-state index < -0.39 is 0 Å². The van der Waals surface area contributed by atoms with Gasteiger partial charge in [-0.15, -0.1) is 11.3 Å². The lowest BCUT2D eigenvalue weighted by atomic mass is 10.0. The molecule has 4 heteroatoms. The molecule has 228 valence electrons. The van der Waals surface area contributed by atoms with Crippen LogP contribution >= 0.6 is 11.3 Å². The van der Waals surface area contributed by atoms with Crippen molar-refractivity contribution in [2.24, 2.45) is 0 Å². The molecule has 49 heavy (non-hydrogen) atoms. The Morgan fingerprint density at radius 3 is 1.76 bits per heavy atom. The maximum atomic E-state index is 5.21. The Balaban J connectivity index is 1.05. The second-order valence-corrected chi connectivity index (χ2v) is 13.8. The smallest absolute Gasteiger partial charge is 0.156 e. The molecule has 3 nitrogen and oxygen atoms in total. The van der Waals surface area contributed by atoms with Crippen LogP contribution in [0.1, 0.15) is 0 Å². The number of hydrogen-bond donors (Lipinski definition) is 0. The second-order valence-electron chi connectivity index (χ2n) is 12.8. The number of para-hydroxylation sites is 4. The van der Waals surface area contributed by atoms with Gasteiger partial charge in [0.05, 0.1) is 32.5 Å². The fourth-order valence-corrected chi connectivity index (χ4v) is 9.12.